The van der Waals surface area contributed by atoms with Crippen LogP contribution in [0.3, 0.4) is 0 Å². The van der Waals surface area contributed by atoms with Crippen molar-refractivity contribution in [2.75, 3.05) is 0 Å². The Morgan fingerprint density at radius 1 is 1.40 bits per heavy atom. The Morgan fingerprint density at radius 2 is 2.13 bits per heavy atom. The van der Waals surface area contributed by atoms with Crippen molar-refractivity contribution in [3.63, 3.8) is 0 Å². The van der Waals surface area contributed by atoms with Crippen LogP contribution in [-0.4, -0.2) is 11.6 Å². The van der Waals surface area contributed by atoms with E-state index < -0.39 is 0 Å². The number of benzene rings is 1. The maximum Gasteiger partial charge on any atom is 0.170 e. The van der Waals surface area contributed by atoms with Gasteiger partial charge in [0.05, 0.1) is 0 Å². The third kappa shape index (κ3) is 0.993. The van der Waals surface area contributed by atoms with E-state index in [9.17, 15) is 9.59 Å². The summed E-state index contributed by atoms with van der Waals surface area (Å²) in [6, 6.07) is 7.72. The van der Waals surface area contributed by atoms with E-state index in [-0.39, 0.29) is 22.9 Å². The first-order valence-corrected chi connectivity index (χ1v) is 5.28. The number of hydrogen-bond acceptors (Lipinski definition) is 2. The summed E-state index contributed by atoms with van der Waals surface area (Å²) in [6.07, 6.45) is 1.53. The van der Waals surface area contributed by atoms with E-state index in [1.807, 2.05) is 24.3 Å². The summed E-state index contributed by atoms with van der Waals surface area (Å²) in [4.78, 5) is 23.5. The molecule has 2 nitrogen and oxygen atoms in total. The van der Waals surface area contributed by atoms with Crippen molar-refractivity contribution >= 4 is 11.6 Å². The highest BCUT2D eigenvalue weighted by Crippen LogP contribution is 2.60. The molecule has 1 aromatic rings. The van der Waals surface area contributed by atoms with Gasteiger partial charge in [0, 0.05) is 16.9 Å². The predicted molar refractivity (Wildman–Crippen MR) is 55.7 cm³/mol. The Bertz CT molecular complexity index is 475. The summed E-state index contributed by atoms with van der Waals surface area (Å²) in [5.74, 6) is 0.340. The number of fused-ring (bicyclic) bond motifs is 1. The highest BCUT2D eigenvalue weighted by molar-refractivity contribution is 6.10. The van der Waals surface area contributed by atoms with Gasteiger partial charge in [-0.15, -0.1) is 0 Å². The first-order valence-electron chi connectivity index (χ1n) is 5.28. The van der Waals surface area contributed by atoms with Crippen LogP contribution in [0, 0.1) is 11.3 Å². The number of rotatable bonds is 1. The molecule has 2 heteroatoms. The molecule has 1 saturated carbocycles. The largest absolute Gasteiger partial charge is 0.300 e. The Hall–Kier alpha value is -1.44. The fourth-order valence-electron chi connectivity index (χ4n) is 2.87. The minimum absolute atomic E-state index is 0.0163. The van der Waals surface area contributed by atoms with Gasteiger partial charge < -0.3 is 0 Å². The molecule has 76 valence electrons. The molecule has 0 heterocycles. The molecule has 0 unspecified atom stereocenters. The minimum atomic E-state index is -0.338. The van der Waals surface area contributed by atoms with Crippen LogP contribution in [0.1, 0.15) is 29.3 Å². The molecule has 1 spiro atoms. The van der Waals surface area contributed by atoms with Gasteiger partial charge in [0.1, 0.15) is 5.78 Å². The van der Waals surface area contributed by atoms with Gasteiger partial charge in [0.2, 0.25) is 0 Å². The standard InChI is InChI=1S/C13H12O2/c1-8(14)11-7-13(11)6-9-4-2-3-5-10(9)12(13)15/h2-5,11H,6-7H2,1H3/t11-,13+/m0/s1. The smallest absolute Gasteiger partial charge is 0.170 e. The molecule has 0 aromatic heterocycles. The zero-order valence-electron chi connectivity index (χ0n) is 8.62. The average Bonchev–Trinajstić information content (AvgIpc) is 2.86. The topological polar surface area (TPSA) is 34.1 Å². The van der Waals surface area contributed by atoms with Crippen molar-refractivity contribution in [1.82, 2.24) is 0 Å². The lowest BCUT2D eigenvalue weighted by atomic mass is 9.97. The second-order valence-electron chi connectivity index (χ2n) is 4.69. The van der Waals surface area contributed by atoms with Crippen molar-refractivity contribution in [3.8, 4) is 0 Å². The average molecular weight is 200 g/mol. The summed E-state index contributed by atoms with van der Waals surface area (Å²) in [7, 11) is 0. The molecule has 2 atom stereocenters. The molecule has 15 heavy (non-hydrogen) atoms. The van der Waals surface area contributed by atoms with Gasteiger partial charge in [-0.05, 0) is 25.3 Å². The van der Waals surface area contributed by atoms with Crippen LogP contribution >= 0.6 is 0 Å². The van der Waals surface area contributed by atoms with Gasteiger partial charge in [0.15, 0.2) is 5.78 Å². The first kappa shape index (κ1) is 8.84. The summed E-state index contributed by atoms with van der Waals surface area (Å²) >= 11 is 0. The molecule has 1 aromatic carbocycles. The van der Waals surface area contributed by atoms with E-state index in [1.165, 1.54) is 0 Å². The molecular weight excluding hydrogens is 188 g/mol. The van der Waals surface area contributed by atoms with E-state index >= 15 is 0 Å². The van der Waals surface area contributed by atoms with E-state index in [4.69, 9.17) is 0 Å². The quantitative estimate of drug-likeness (QED) is 0.695. The highest BCUT2D eigenvalue weighted by atomic mass is 16.1. The van der Waals surface area contributed by atoms with E-state index in [1.54, 1.807) is 6.92 Å². The number of carbonyl (C=O) groups is 2. The maximum absolute atomic E-state index is 12.1. The molecule has 0 amide bonds. The van der Waals surface area contributed by atoms with Gasteiger partial charge >= 0.3 is 0 Å². The van der Waals surface area contributed by atoms with E-state index in [2.05, 4.69) is 0 Å². The fourth-order valence-corrected chi connectivity index (χ4v) is 2.87. The van der Waals surface area contributed by atoms with Crippen LogP contribution < -0.4 is 0 Å². The van der Waals surface area contributed by atoms with Crippen LogP contribution in [0.25, 0.3) is 0 Å². The Kier molecular flexibility index (Phi) is 1.51. The summed E-state index contributed by atoms with van der Waals surface area (Å²) in [5.41, 5.74) is 1.61. The monoisotopic (exact) mass is 200 g/mol. The molecule has 0 N–H and O–H groups in total. The SMILES string of the molecule is CC(=O)[C@@H]1C[C@]12Cc1ccccc1C2=O. The van der Waals surface area contributed by atoms with Gasteiger partial charge in [-0.2, -0.15) is 0 Å². The first-order chi connectivity index (χ1) is 7.15. The lowest BCUT2D eigenvalue weighted by Gasteiger charge is -2.03. The molecular formula is C13H12O2. The van der Waals surface area contributed by atoms with E-state index in [0.29, 0.717) is 0 Å². The predicted octanol–water partition coefficient (Wildman–Crippen LogP) is 2.02. The maximum atomic E-state index is 12.1. The Balaban J connectivity index is 2.02. The number of ketones is 2. The normalized spacial score (nSPS) is 31.8. The van der Waals surface area contributed by atoms with Crippen molar-refractivity contribution in [1.29, 1.82) is 0 Å². The molecule has 0 bridgehead atoms. The van der Waals surface area contributed by atoms with Crippen molar-refractivity contribution in [3.05, 3.63) is 35.4 Å². The summed E-state index contributed by atoms with van der Waals surface area (Å²) in [5, 5.41) is 0. The zero-order valence-corrected chi connectivity index (χ0v) is 8.62. The molecule has 2 aliphatic rings. The lowest BCUT2D eigenvalue weighted by molar-refractivity contribution is -0.118. The molecule has 3 rings (SSSR count). The highest BCUT2D eigenvalue weighted by Gasteiger charge is 2.64. The summed E-state index contributed by atoms with van der Waals surface area (Å²) < 4.78 is 0. The minimum Gasteiger partial charge on any atom is -0.300 e. The van der Waals surface area contributed by atoms with E-state index in [0.717, 1.165) is 24.0 Å². The van der Waals surface area contributed by atoms with Crippen LogP contribution in [-0.2, 0) is 11.2 Å². The van der Waals surface area contributed by atoms with Crippen LogP contribution in [0.2, 0.25) is 0 Å². The molecule has 0 aliphatic heterocycles. The molecule has 1 fully saturated rings. The third-order valence-electron chi connectivity index (χ3n) is 3.79. The Labute approximate surface area is 88.3 Å². The van der Waals surface area contributed by atoms with Gasteiger partial charge in [0.25, 0.3) is 0 Å². The van der Waals surface area contributed by atoms with Crippen molar-refractivity contribution < 1.29 is 9.59 Å². The van der Waals surface area contributed by atoms with Crippen LogP contribution in [0.15, 0.2) is 24.3 Å². The van der Waals surface area contributed by atoms with Crippen molar-refractivity contribution in [2.24, 2.45) is 11.3 Å². The molecule has 0 radical (unpaired) electrons. The number of hydrogen-bond donors (Lipinski definition) is 0. The van der Waals surface area contributed by atoms with Crippen LogP contribution in [0.4, 0.5) is 0 Å². The van der Waals surface area contributed by atoms with Gasteiger partial charge in [-0.25, -0.2) is 0 Å². The molecule has 0 saturated heterocycles. The third-order valence-corrected chi connectivity index (χ3v) is 3.79. The summed E-state index contributed by atoms with van der Waals surface area (Å²) in [6.45, 7) is 1.59. The lowest BCUT2D eigenvalue weighted by Crippen LogP contribution is -2.15. The van der Waals surface area contributed by atoms with Crippen molar-refractivity contribution in [2.45, 2.75) is 19.8 Å². The second kappa shape index (κ2) is 2.57. The van der Waals surface area contributed by atoms with Gasteiger partial charge in [-0.3, -0.25) is 9.59 Å². The van der Waals surface area contributed by atoms with Crippen LogP contribution in [0.5, 0.6) is 0 Å². The second-order valence-corrected chi connectivity index (χ2v) is 4.69. The fraction of sp³-hybridized carbons (Fsp3) is 0.385. The Morgan fingerprint density at radius 3 is 2.73 bits per heavy atom. The molecule has 2 aliphatic carbocycles. The zero-order chi connectivity index (χ0) is 10.6. The number of carbonyl (C=O) groups excluding carboxylic acids is 2. The number of Topliss-reactive ketones (excluding diaryl/α,β-unsaturated/α-hetero) is 2. The van der Waals surface area contributed by atoms with Gasteiger partial charge in [-0.1, -0.05) is 24.3 Å².